The molecule has 1 aliphatic rings. The highest BCUT2D eigenvalue weighted by molar-refractivity contribution is 7.15. The summed E-state index contributed by atoms with van der Waals surface area (Å²) in [5.74, 6) is -0.0977. The van der Waals surface area contributed by atoms with Crippen molar-refractivity contribution in [1.82, 2.24) is 15.4 Å². The lowest BCUT2D eigenvalue weighted by molar-refractivity contribution is -0.117. The monoisotopic (exact) mass is 493 g/mol. The molecule has 1 atom stereocenters. The molecule has 0 bridgehead atoms. The number of rotatable bonds is 5. The Balaban J connectivity index is 1.33. The Morgan fingerprint density at radius 3 is 2.68 bits per heavy atom. The van der Waals surface area contributed by atoms with Crippen LogP contribution in [0.3, 0.4) is 0 Å². The standard InChI is InChI=1S/C24H20ClN5O3S/c1-13-7-9-16(10-8-13)30-12-15(11-19(30)31)23-27-28-24(34-23)26-22(32)20-14(2)33-29-21(20)17-5-3-4-6-18(17)25/h3-10,15H,11-12H2,1-2H3,(H,26,28,32). The summed E-state index contributed by atoms with van der Waals surface area (Å²) in [7, 11) is 0. The Morgan fingerprint density at radius 2 is 1.91 bits per heavy atom. The molecule has 1 aliphatic heterocycles. The summed E-state index contributed by atoms with van der Waals surface area (Å²) >= 11 is 7.55. The SMILES string of the molecule is Cc1ccc(N2CC(c3nnc(NC(=O)c4c(-c5ccccc5Cl)noc4C)s3)CC2=O)cc1. The van der Waals surface area contributed by atoms with Gasteiger partial charge < -0.3 is 9.42 Å². The maximum absolute atomic E-state index is 13.1. The number of nitrogens with one attached hydrogen (secondary N) is 1. The number of amides is 2. The Bertz CT molecular complexity index is 1380. The summed E-state index contributed by atoms with van der Waals surface area (Å²) in [5, 5.41) is 16.7. The van der Waals surface area contributed by atoms with Crippen molar-refractivity contribution in [2.24, 2.45) is 0 Å². The molecule has 5 rings (SSSR count). The molecular formula is C24H20ClN5O3S. The predicted molar refractivity (Wildman–Crippen MR) is 130 cm³/mol. The molecule has 3 heterocycles. The Kier molecular flexibility index (Phi) is 5.89. The number of hydrogen-bond acceptors (Lipinski definition) is 7. The number of carbonyl (C=O) groups excluding carboxylic acids is 2. The van der Waals surface area contributed by atoms with E-state index in [0.29, 0.717) is 45.1 Å². The Hall–Kier alpha value is -3.56. The third-order valence-corrected chi connectivity index (χ3v) is 7.03. The van der Waals surface area contributed by atoms with Crippen LogP contribution in [0.4, 0.5) is 10.8 Å². The molecule has 1 fully saturated rings. The summed E-state index contributed by atoms with van der Waals surface area (Å²) < 4.78 is 5.28. The van der Waals surface area contributed by atoms with E-state index in [9.17, 15) is 9.59 Å². The van der Waals surface area contributed by atoms with Gasteiger partial charge in [-0.2, -0.15) is 0 Å². The first-order valence-corrected chi connectivity index (χ1v) is 11.8. The van der Waals surface area contributed by atoms with Gasteiger partial charge in [0.25, 0.3) is 5.91 Å². The molecule has 8 nitrogen and oxygen atoms in total. The smallest absolute Gasteiger partial charge is 0.263 e. The van der Waals surface area contributed by atoms with E-state index in [1.807, 2.05) is 37.3 Å². The number of anilines is 2. The normalized spacial score (nSPS) is 15.7. The Morgan fingerprint density at radius 1 is 1.15 bits per heavy atom. The molecule has 2 aromatic heterocycles. The minimum atomic E-state index is -0.417. The molecule has 1 saturated heterocycles. The molecule has 0 aliphatic carbocycles. The summed E-state index contributed by atoms with van der Waals surface area (Å²) in [4.78, 5) is 27.4. The van der Waals surface area contributed by atoms with Gasteiger partial charge in [0.1, 0.15) is 22.0 Å². The zero-order chi connectivity index (χ0) is 23.8. The van der Waals surface area contributed by atoms with Crippen LogP contribution in [-0.4, -0.2) is 33.7 Å². The summed E-state index contributed by atoms with van der Waals surface area (Å²) in [6, 6.07) is 15.0. The molecule has 4 aromatic rings. The van der Waals surface area contributed by atoms with Crippen molar-refractivity contribution >= 4 is 45.6 Å². The van der Waals surface area contributed by atoms with E-state index in [4.69, 9.17) is 16.1 Å². The number of carbonyl (C=O) groups is 2. The third kappa shape index (κ3) is 4.20. The number of aryl methyl sites for hydroxylation is 2. The van der Waals surface area contributed by atoms with E-state index in [2.05, 4.69) is 20.7 Å². The number of aromatic nitrogens is 3. The van der Waals surface area contributed by atoms with Crippen LogP contribution in [-0.2, 0) is 4.79 Å². The van der Waals surface area contributed by atoms with E-state index in [1.165, 1.54) is 11.3 Å². The molecule has 0 saturated carbocycles. The van der Waals surface area contributed by atoms with Gasteiger partial charge in [0.2, 0.25) is 11.0 Å². The van der Waals surface area contributed by atoms with E-state index in [0.717, 1.165) is 11.3 Å². The highest BCUT2D eigenvalue weighted by atomic mass is 35.5. The molecule has 2 amide bonds. The fourth-order valence-corrected chi connectivity index (χ4v) is 4.99. The summed E-state index contributed by atoms with van der Waals surface area (Å²) in [5.41, 5.74) is 3.25. The van der Waals surface area contributed by atoms with Crippen molar-refractivity contribution in [3.63, 3.8) is 0 Å². The molecule has 172 valence electrons. The van der Waals surface area contributed by atoms with Crippen LogP contribution in [0, 0.1) is 13.8 Å². The van der Waals surface area contributed by atoms with Gasteiger partial charge in [-0.25, -0.2) is 0 Å². The van der Waals surface area contributed by atoms with Crippen molar-refractivity contribution in [3.8, 4) is 11.3 Å². The largest absolute Gasteiger partial charge is 0.360 e. The molecule has 2 aromatic carbocycles. The van der Waals surface area contributed by atoms with Crippen molar-refractivity contribution in [2.45, 2.75) is 26.2 Å². The van der Waals surface area contributed by atoms with Crippen LogP contribution in [0.25, 0.3) is 11.3 Å². The van der Waals surface area contributed by atoms with Crippen LogP contribution >= 0.6 is 22.9 Å². The van der Waals surface area contributed by atoms with Crippen LogP contribution in [0.2, 0.25) is 5.02 Å². The van der Waals surface area contributed by atoms with Crippen molar-refractivity contribution in [1.29, 1.82) is 0 Å². The fraction of sp³-hybridized carbons (Fsp3) is 0.208. The number of benzene rings is 2. The number of halogens is 1. The van der Waals surface area contributed by atoms with Crippen molar-refractivity contribution < 1.29 is 14.1 Å². The van der Waals surface area contributed by atoms with Crippen molar-refractivity contribution in [2.75, 3.05) is 16.8 Å². The average Bonchev–Trinajstić information content (AvgIpc) is 3.53. The first-order valence-electron chi connectivity index (χ1n) is 10.6. The van der Waals surface area contributed by atoms with Gasteiger partial charge in [-0.3, -0.25) is 14.9 Å². The second kappa shape index (κ2) is 9.00. The van der Waals surface area contributed by atoms with Crippen LogP contribution < -0.4 is 10.2 Å². The summed E-state index contributed by atoms with van der Waals surface area (Å²) in [6.45, 7) is 4.19. The second-order valence-corrected chi connectivity index (χ2v) is 9.50. The van der Waals surface area contributed by atoms with Gasteiger partial charge >= 0.3 is 0 Å². The van der Waals surface area contributed by atoms with Gasteiger partial charge in [0.05, 0.1) is 5.02 Å². The van der Waals surface area contributed by atoms with Crippen LogP contribution in [0.5, 0.6) is 0 Å². The molecule has 1 N–H and O–H groups in total. The maximum Gasteiger partial charge on any atom is 0.263 e. The van der Waals surface area contributed by atoms with Crippen molar-refractivity contribution in [3.05, 3.63) is 75.4 Å². The highest BCUT2D eigenvalue weighted by Crippen LogP contribution is 2.35. The molecule has 10 heteroatoms. The van der Waals surface area contributed by atoms with E-state index in [1.54, 1.807) is 30.0 Å². The molecule has 34 heavy (non-hydrogen) atoms. The van der Waals surface area contributed by atoms with Gasteiger partial charge in [-0.15, -0.1) is 10.2 Å². The van der Waals surface area contributed by atoms with E-state index in [-0.39, 0.29) is 17.4 Å². The zero-order valence-corrected chi connectivity index (χ0v) is 20.0. The third-order valence-electron chi connectivity index (χ3n) is 5.70. The second-order valence-electron chi connectivity index (χ2n) is 8.08. The summed E-state index contributed by atoms with van der Waals surface area (Å²) in [6.07, 6.45) is 0.345. The van der Waals surface area contributed by atoms with E-state index >= 15 is 0 Å². The van der Waals surface area contributed by atoms with Gasteiger partial charge in [-0.1, -0.05) is 64.0 Å². The fourth-order valence-electron chi connectivity index (χ4n) is 3.93. The highest BCUT2D eigenvalue weighted by Gasteiger charge is 2.34. The number of hydrogen-bond donors (Lipinski definition) is 1. The molecule has 0 spiro atoms. The lowest BCUT2D eigenvalue weighted by atomic mass is 10.1. The minimum absolute atomic E-state index is 0.0408. The molecule has 0 radical (unpaired) electrons. The first kappa shape index (κ1) is 22.2. The van der Waals surface area contributed by atoms with Gasteiger partial charge in [0.15, 0.2) is 0 Å². The zero-order valence-electron chi connectivity index (χ0n) is 18.4. The molecular weight excluding hydrogens is 474 g/mol. The Labute approximate surface area is 204 Å². The minimum Gasteiger partial charge on any atom is -0.360 e. The average molecular weight is 494 g/mol. The van der Waals surface area contributed by atoms with E-state index < -0.39 is 5.91 Å². The quantitative estimate of drug-likeness (QED) is 0.408. The van der Waals surface area contributed by atoms with Crippen LogP contribution in [0.15, 0.2) is 53.1 Å². The van der Waals surface area contributed by atoms with Gasteiger partial charge in [-0.05, 0) is 32.0 Å². The first-order chi connectivity index (χ1) is 16.4. The molecule has 1 unspecified atom stereocenters. The topological polar surface area (TPSA) is 101 Å². The lowest BCUT2D eigenvalue weighted by Crippen LogP contribution is -2.24. The van der Waals surface area contributed by atoms with Gasteiger partial charge in [0, 0.05) is 30.1 Å². The maximum atomic E-state index is 13.1. The predicted octanol–water partition coefficient (Wildman–Crippen LogP) is 5.24. The number of nitrogens with zero attached hydrogens (tertiary/aromatic N) is 4. The lowest BCUT2D eigenvalue weighted by Gasteiger charge is -2.16. The van der Waals surface area contributed by atoms with Crippen LogP contribution in [0.1, 0.15) is 39.0 Å².